The van der Waals surface area contributed by atoms with Crippen molar-refractivity contribution in [2.45, 2.75) is 58.1 Å². The Bertz CT molecular complexity index is 841. The molecule has 154 valence electrons. The van der Waals surface area contributed by atoms with E-state index in [2.05, 4.69) is 5.32 Å². The molecule has 9 heteroatoms. The molecule has 1 spiro atoms. The number of aliphatic hydroxyl groups is 1. The van der Waals surface area contributed by atoms with Gasteiger partial charge in [-0.3, -0.25) is 9.59 Å². The van der Waals surface area contributed by atoms with Crippen LogP contribution in [-0.2, 0) is 48.3 Å². The van der Waals surface area contributed by atoms with E-state index in [1.54, 1.807) is 19.9 Å². The number of hydrogen-bond acceptors (Lipinski definition) is 7. The SMILES string of the molecule is CCOC(=O)[C@](O)(CC)c1cc2n(c(=O)c1CNC(C)=O)CCC21OCCO1. The number of pyridine rings is 1. The molecule has 0 aliphatic carbocycles. The van der Waals surface area contributed by atoms with E-state index in [0.717, 1.165) is 0 Å². The fourth-order valence-electron chi connectivity index (χ4n) is 3.81. The molecule has 1 amide bonds. The van der Waals surface area contributed by atoms with Crippen LogP contribution >= 0.6 is 0 Å². The smallest absolute Gasteiger partial charge is 0.342 e. The van der Waals surface area contributed by atoms with Gasteiger partial charge in [0, 0.05) is 37.6 Å². The van der Waals surface area contributed by atoms with Gasteiger partial charge in [-0.2, -0.15) is 0 Å². The van der Waals surface area contributed by atoms with Crippen LogP contribution in [0.4, 0.5) is 0 Å². The van der Waals surface area contributed by atoms with Crippen LogP contribution in [-0.4, -0.2) is 41.4 Å². The van der Waals surface area contributed by atoms with Gasteiger partial charge in [0.05, 0.1) is 25.5 Å². The minimum absolute atomic E-state index is 0.00346. The van der Waals surface area contributed by atoms with Gasteiger partial charge in [0.1, 0.15) is 0 Å². The molecule has 1 aromatic rings. The number of nitrogens with one attached hydrogen (secondary N) is 1. The molecule has 0 bridgehead atoms. The zero-order valence-electron chi connectivity index (χ0n) is 16.4. The van der Waals surface area contributed by atoms with Gasteiger partial charge in [0.25, 0.3) is 5.56 Å². The summed E-state index contributed by atoms with van der Waals surface area (Å²) in [6, 6.07) is 1.58. The fourth-order valence-corrected chi connectivity index (χ4v) is 3.81. The monoisotopic (exact) mass is 394 g/mol. The van der Waals surface area contributed by atoms with Gasteiger partial charge in [-0.05, 0) is 19.4 Å². The number of carbonyl (C=O) groups excluding carboxylic acids is 2. The van der Waals surface area contributed by atoms with Gasteiger partial charge in [0.2, 0.25) is 11.7 Å². The molecule has 1 atom stereocenters. The maximum Gasteiger partial charge on any atom is 0.342 e. The zero-order chi connectivity index (χ0) is 20.5. The molecule has 0 saturated carbocycles. The van der Waals surface area contributed by atoms with Crippen molar-refractivity contribution in [2.24, 2.45) is 0 Å². The molecule has 0 radical (unpaired) electrons. The van der Waals surface area contributed by atoms with Gasteiger partial charge >= 0.3 is 5.97 Å². The van der Waals surface area contributed by atoms with E-state index < -0.39 is 22.9 Å². The number of amides is 1. The lowest BCUT2D eigenvalue weighted by Gasteiger charge is -2.29. The quantitative estimate of drug-likeness (QED) is 0.664. The van der Waals surface area contributed by atoms with Gasteiger partial charge in [-0.25, -0.2) is 4.79 Å². The summed E-state index contributed by atoms with van der Waals surface area (Å²) in [6.45, 7) is 5.74. The number of hydrogen-bond donors (Lipinski definition) is 2. The highest BCUT2D eigenvalue weighted by Crippen LogP contribution is 2.41. The molecule has 2 aliphatic rings. The number of aromatic nitrogens is 1. The van der Waals surface area contributed by atoms with Crippen LogP contribution in [0.2, 0.25) is 0 Å². The summed E-state index contributed by atoms with van der Waals surface area (Å²) in [5.74, 6) is -2.22. The summed E-state index contributed by atoms with van der Waals surface area (Å²) in [5.41, 5.74) is -1.70. The zero-order valence-corrected chi connectivity index (χ0v) is 16.4. The van der Waals surface area contributed by atoms with Crippen LogP contribution in [0, 0.1) is 0 Å². The minimum atomic E-state index is -2.03. The van der Waals surface area contributed by atoms with Crippen molar-refractivity contribution in [3.8, 4) is 0 Å². The first-order valence-electron chi connectivity index (χ1n) is 9.48. The number of rotatable bonds is 6. The Kier molecular flexibility index (Phi) is 5.60. The van der Waals surface area contributed by atoms with Crippen LogP contribution in [0.15, 0.2) is 10.9 Å². The van der Waals surface area contributed by atoms with E-state index in [1.165, 1.54) is 11.5 Å². The van der Waals surface area contributed by atoms with Gasteiger partial charge in [-0.1, -0.05) is 6.92 Å². The fraction of sp³-hybridized carbons (Fsp3) is 0.632. The number of esters is 1. The van der Waals surface area contributed by atoms with E-state index in [-0.39, 0.29) is 36.6 Å². The van der Waals surface area contributed by atoms with Crippen molar-refractivity contribution in [2.75, 3.05) is 19.8 Å². The molecule has 2 aliphatic heterocycles. The summed E-state index contributed by atoms with van der Waals surface area (Å²) >= 11 is 0. The molecule has 3 rings (SSSR count). The second kappa shape index (κ2) is 7.65. The first-order valence-corrected chi connectivity index (χ1v) is 9.48. The number of ether oxygens (including phenoxy) is 3. The Hall–Kier alpha value is -2.23. The topological polar surface area (TPSA) is 116 Å². The van der Waals surface area contributed by atoms with Crippen molar-refractivity contribution in [3.63, 3.8) is 0 Å². The Morgan fingerprint density at radius 2 is 2.04 bits per heavy atom. The second-order valence-corrected chi connectivity index (χ2v) is 6.92. The number of fused-ring (bicyclic) bond motifs is 2. The second-order valence-electron chi connectivity index (χ2n) is 6.92. The predicted molar refractivity (Wildman–Crippen MR) is 97.2 cm³/mol. The summed E-state index contributed by atoms with van der Waals surface area (Å²) in [4.78, 5) is 37.2. The van der Waals surface area contributed by atoms with Crippen LogP contribution in [0.25, 0.3) is 0 Å². The molecular formula is C19H26N2O7. The normalized spacial score (nSPS) is 19.3. The van der Waals surface area contributed by atoms with E-state index in [1.807, 2.05) is 0 Å². The summed E-state index contributed by atoms with van der Waals surface area (Å²) in [5, 5.41) is 13.8. The number of nitrogens with zero attached hydrogens (tertiary/aromatic N) is 1. The Morgan fingerprint density at radius 3 is 2.61 bits per heavy atom. The standard InChI is InChI=1S/C19H26N2O7/c1-4-18(25,17(24)26-5-2)14-10-15-19(27-8-9-28-19)6-7-21(15)16(23)13(14)11-20-12(3)22/h10,25H,4-9,11H2,1-3H3,(H,20,22)/t18-/m0/s1. The highest BCUT2D eigenvalue weighted by atomic mass is 16.7. The van der Waals surface area contributed by atoms with Crippen molar-refractivity contribution in [3.05, 3.63) is 33.2 Å². The first kappa shape index (κ1) is 20.5. The molecule has 9 nitrogen and oxygen atoms in total. The van der Waals surface area contributed by atoms with Crippen LogP contribution in [0.3, 0.4) is 0 Å². The van der Waals surface area contributed by atoms with Crippen LogP contribution < -0.4 is 10.9 Å². The highest BCUT2D eigenvalue weighted by Gasteiger charge is 2.48. The molecule has 0 aromatic carbocycles. The maximum absolute atomic E-state index is 13.2. The molecule has 28 heavy (non-hydrogen) atoms. The predicted octanol–water partition coefficient (Wildman–Crippen LogP) is 0.248. The lowest BCUT2D eigenvalue weighted by atomic mass is 9.87. The Balaban J connectivity index is 2.21. The largest absolute Gasteiger partial charge is 0.464 e. The van der Waals surface area contributed by atoms with E-state index in [4.69, 9.17) is 14.2 Å². The van der Waals surface area contributed by atoms with Gasteiger partial charge in [0.15, 0.2) is 5.60 Å². The van der Waals surface area contributed by atoms with E-state index in [0.29, 0.717) is 31.9 Å². The van der Waals surface area contributed by atoms with Crippen LogP contribution in [0.1, 0.15) is 50.4 Å². The molecule has 1 fully saturated rings. The van der Waals surface area contributed by atoms with E-state index in [9.17, 15) is 19.5 Å². The average molecular weight is 394 g/mol. The third-order valence-corrected chi connectivity index (χ3v) is 5.29. The molecule has 1 aromatic heterocycles. The lowest BCUT2D eigenvalue weighted by molar-refractivity contribution is -0.168. The molecule has 0 unspecified atom stereocenters. The molecule has 3 heterocycles. The molecular weight excluding hydrogens is 368 g/mol. The first-order chi connectivity index (χ1) is 13.3. The minimum Gasteiger partial charge on any atom is -0.464 e. The van der Waals surface area contributed by atoms with E-state index >= 15 is 0 Å². The number of carbonyl (C=O) groups is 2. The highest BCUT2D eigenvalue weighted by molar-refractivity contribution is 5.81. The van der Waals surface area contributed by atoms with Crippen molar-refractivity contribution in [1.82, 2.24) is 9.88 Å². The summed E-state index contributed by atoms with van der Waals surface area (Å²) in [6.07, 6.45) is 0.450. The maximum atomic E-state index is 13.2. The van der Waals surface area contributed by atoms with Crippen LogP contribution in [0.5, 0.6) is 0 Å². The summed E-state index contributed by atoms with van der Waals surface area (Å²) < 4.78 is 18.1. The third kappa shape index (κ3) is 3.23. The molecule has 2 N–H and O–H groups in total. The average Bonchev–Trinajstić information content (AvgIpc) is 3.28. The van der Waals surface area contributed by atoms with Gasteiger partial charge < -0.3 is 29.2 Å². The summed E-state index contributed by atoms with van der Waals surface area (Å²) in [7, 11) is 0. The Morgan fingerprint density at radius 1 is 1.36 bits per heavy atom. The Labute approximate surface area is 162 Å². The van der Waals surface area contributed by atoms with Crippen molar-refractivity contribution < 1.29 is 28.9 Å². The van der Waals surface area contributed by atoms with Crippen molar-refractivity contribution >= 4 is 11.9 Å². The van der Waals surface area contributed by atoms with Crippen molar-refractivity contribution in [1.29, 1.82) is 0 Å². The van der Waals surface area contributed by atoms with Gasteiger partial charge in [-0.15, -0.1) is 0 Å². The lowest BCUT2D eigenvalue weighted by Crippen LogP contribution is -2.42. The third-order valence-electron chi connectivity index (χ3n) is 5.29. The molecule has 1 saturated heterocycles.